The molecule has 0 saturated heterocycles. The molecule has 148 valence electrons. The van der Waals surface area contributed by atoms with E-state index in [0.717, 1.165) is 5.69 Å². The summed E-state index contributed by atoms with van der Waals surface area (Å²) in [6, 6.07) is 13.2. The van der Waals surface area contributed by atoms with E-state index in [1.54, 1.807) is 36.1 Å². The number of aromatic nitrogens is 4. The molecule has 0 spiro atoms. The number of nitrogens with one attached hydrogen (secondary N) is 1. The summed E-state index contributed by atoms with van der Waals surface area (Å²) in [5, 5.41) is 8.86. The Labute approximate surface area is 171 Å². The molecule has 7 nitrogen and oxygen atoms in total. The van der Waals surface area contributed by atoms with Crippen LogP contribution in [0.1, 0.15) is 0 Å². The second-order valence-corrected chi connectivity index (χ2v) is 6.73. The molecule has 4 aromatic rings. The van der Waals surface area contributed by atoms with E-state index < -0.39 is 0 Å². The molecule has 0 aliphatic heterocycles. The topological polar surface area (TPSA) is 90.9 Å². The van der Waals surface area contributed by atoms with Crippen LogP contribution in [-0.2, 0) is 4.74 Å². The van der Waals surface area contributed by atoms with Crippen LogP contribution in [0.15, 0.2) is 48.5 Å². The van der Waals surface area contributed by atoms with Gasteiger partial charge < -0.3 is 15.8 Å². The van der Waals surface area contributed by atoms with Gasteiger partial charge in [-0.15, -0.1) is 5.10 Å². The van der Waals surface area contributed by atoms with Gasteiger partial charge >= 0.3 is 0 Å². The number of benzene rings is 2. The van der Waals surface area contributed by atoms with Gasteiger partial charge in [0.1, 0.15) is 11.6 Å². The number of methoxy groups -OCH3 is 1. The van der Waals surface area contributed by atoms with Crippen LogP contribution >= 0.6 is 11.6 Å². The number of fused-ring (bicyclic) bond motifs is 1. The number of ether oxygens (including phenoxy) is 1. The molecule has 0 fully saturated rings. The predicted molar refractivity (Wildman–Crippen MR) is 112 cm³/mol. The molecule has 0 atom stereocenters. The summed E-state index contributed by atoms with van der Waals surface area (Å²) in [5.74, 6) is 0.432. The van der Waals surface area contributed by atoms with Crippen LogP contribution in [0.3, 0.4) is 0 Å². The second-order valence-electron chi connectivity index (χ2n) is 6.29. The van der Waals surface area contributed by atoms with E-state index in [9.17, 15) is 4.39 Å². The number of nitrogens with two attached hydrogens (primary N) is 1. The van der Waals surface area contributed by atoms with Crippen LogP contribution in [-0.4, -0.2) is 40.0 Å². The van der Waals surface area contributed by atoms with E-state index in [4.69, 9.17) is 22.1 Å². The molecule has 3 N–H and O–H groups in total. The monoisotopic (exact) mass is 412 g/mol. The fraction of sp³-hybridized carbons (Fsp3) is 0.150. The number of anilines is 2. The Morgan fingerprint density at radius 2 is 1.83 bits per heavy atom. The first kappa shape index (κ1) is 19.1. The van der Waals surface area contributed by atoms with Crippen molar-refractivity contribution in [2.45, 2.75) is 0 Å². The lowest BCUT2D eigenvalue weighted by molar-refractivity contribution is 0.210. The van der Waals surface area contributed by atoms with E-state index in [1.165, 1.54) is 12.1 Å². The van der Waals surface area contributed by atoms with Crippen LogP contribution in [0.2, 0.25) is 5.02 Å². The van der Waals surface area contributed by atoms with Crippen molar-refractivity contribution in [1.82, 2.24) is 19.7 Å². The van der Waals surface area contributed by atoms with Gasteiger partial charge in [0.2, 0.25) is 5.95 Å². The van der Waals surface area contributed by atoms with Crippen molar-refractivity contribution < 1.29 is 9.13 Å². The maximum Gasteiger partial charge on any atom is 0.225 e. The first-order valence-electron chi connectivity index (χ1n) is 8.88. The first-order chi connectivity index (χ1) is 14.1. The highest BCUT2D eigenvalue weighted by Gasteiger charge is 2.19. The number of hydrogen-bond acceptors (Lipinski definition) is 6. The average molecular weight is 413 g/mol. The van der Waals surface area contributed by atoms with Gasteiger partial charge in [0.05, 0.1) is 23.4 Å². The summed E-state index contributed by atoms with van der Waals surface area (Å²) in [6.07, 6.45) is 0. The second kappa shape index (κ2) is 8.02. The number of rotatable bonds is 6. The van der Waals surface area contributed by atoms with Crippen molar-refractivity contribution in [2.24, 2.45) is 0 Å². The molecule has 0 aliphatic carbocycles. The standard InChI is InChI=1S/C20H18ClFN6O/c1-29-11-10-24-20-25-17(12-2-6-14(22)7-3-12)16-18(23)28(27-19(16)26-20)15-8-4-13(21)5-9-15/h2-9H,10-11,23H2,1H3,(H,24,26,27). The third-order valence-electron chi connectivity index (χ3n) is 4.35. The quantitative estimate of drug-likeness (QED) is 0.466. The Kier molecular flexibility index (Phi) is 5.28. The molecule has 0 bridgehead atoms. The van der Waals surface area contributed by atoms with Crippen molar-refractivity contribution in [3.05, 3.63) is 59.4 Å². The third kappa shape index (κ3) is 3.85. The van der Waals surface area contributed by atoms with Gasteiger partial charge in [0.15, 0.2) is 5.65 Å². The summed E-state index contributed by atoms with van der Waals surface area (Å²) in [7, 11) is 1.62. The summed E-state index contributed by atoms with van der Waals surface area (Å²) in [5.41, 5.74) is 8.85. The minimum Gasteiger partial charge on any atom is -0.383 e. The van der Waals surface area contributed by atoms with E-state index in [1.807, 2.05) is 12.1 Å². The lowest BCUT2D eigenvalue weighted by Crippen LogP contribution is -2.10. The van der Waals surface area contributed by atoms with E-state index in [0.29, 0.717) is 52.2 Å². The molecule has 4 rings (SSSR count). The van der Waals surface area contributed by atoms with E-state index in [-0.39, 0.29) is 5.82 Å². The zero-order valence-electron chi connectivity index (χ0n) is 15.6. The van der Waals surface area contributed by atoms with Crippen molar-refractivity contribution in [3.63, 3.8) is 0 Å². The Balaban J connectivity index is 1.89. The highest BCUT2D eigenvalue weighted by molar-refractivity contribution is 6.30. The normalized spacial score (nSPS) is 11.1. The molecule has 9 heteroatoms. The summed E-state index contributed by atoms with van der Waals surface area (Å²) in [4.78, 5) is 9.09. The summed E-state index contributed by atoms with van der Waals surface area (Å²) < 4.78 is 20.1. The predicted octanol–water partition coefficient (Wildman–Crippen LogP) is 3.92. The maximum absolute atomic E-state index is 13.4. The van der Waals surface area contributed by atoms with Crippen LogP contribution in [0.25, 0.3) is 28.0 Å². The van der Waals surface area contributed by atoms with Crippen LogP contribution < -0.4 is 11.1 Å². The molecule has 29 heavy (non-hydrogen) atoms. The summed E-state index contributed by atoms with van der Waals surface area (Å²) >= 11 is 5.98. The van der Waals surface area contributed by atoms with Gasteiger partial charge in [-0.1, -0.05) is 11.6 Å². The van der Waals surface area contributed by atoms with Crippen molar-refractivity contribution in [2.75, 3.05) is 31.3 Å². The molecule has 2 aromatic heterocycles. The highest BCUT2D eigenvalue weighted by atomic mass is 35.5. The van der Waals surface area contributed by atoms with Gasteiger partial charge in [-0.25, -0.2) is 14.1 Å². The minimum atomic E-state index is -0.331. The Hall–Kier alpha value is -3.23. The molecule has 0 amide bonds. The number of nitrogen functional groups attached to an aromatic ring is 1. The SMILES string of the molecule is COCCNc1nc(-c2ccc(F)cc2)c2c(N)n(-c3ccc(Cl)cc3)nc2n1. The molecular formula is C20H18ClFN6O. The zero-order valence-corrected chi connectivity index (χ0v) is 16.3. The Morgan fingerprint density at radius 1 is 1.10 bits per heavy atom. The first-order valence-corrected chi connectivity index (χ1v) is 9.25. The zero-order chi connectivity index (χ0) is 20.4. The van der Waals surface area contributed by atoms with Crippen LogP contribution in [0.5, 0.6) is 0 Å². The third-order valence-corrected chi connectivity index (χ3v) is 4.60. The lowest BCUT2D eigenvalue weighted by atomic mass is 10.1. The van der Waals surface area contributed by atoms with Crippen molar-refractivity contribution in [3.8, 4) is 16.9 Å². The van der Waals surface area contributed by atoms with E-state index in [2.05, 4.69) is 20.4 Å². The Morgan fingerprint density at radius 3 is 2.52 bits per heavy atom. The number of hydrogen-bond donors (Lipinski definition) is 2. The molecule has 0 unspecified atom stereocenters. The van der Waals surface area contributed by atoms with Gasteiger partial charge in [-0.2, -0.15) is 4.98 Å². The smallest absolute Gasteiger partial charge is 0.225 e. The minimum absolute atomic E-state index is 0.331. The van der Waals surface area contributed by atoms with Gasteiger partial charge in [-0.05, 0) is 48.5 Å². The van der Waals surface area contributed by atoms with Crippen LogP contribution in [0, 0.1) is 5.82 Å². The van der Waals surface area contributed by atoms with Crippen molar-refractivity contribution in [1.29, 1.82) is 0 Å². The maximum atomic E-state index is 13.4. The van der Waals surface area contributed by atoms with E-state index >= 15 is 0 Å². The fourth-order valence-corrected chi connectivity index (χ4v) is 3.08. The molecule has 2 aromatic carbocycles. The summed E-state index contributed by atoms with van der Waals surface area (Å²) in [6.45, 7) is 1.02. The average Bonchev–Trinajstić information content (AvgIpc) is 3.05. The van der Waals surface area contributed by atoms with Gasteiger partial charge in [0.25, 0.3) is 0 Å². The van der Waals surface area contributed by atoms with Crippen LogP contribution in [0.4, 0.5) is 16.2 Å². The molecular weight excluding hydrogens is 395 g/mol. The molecule has 2 heterocycles. The fourth-order valence-electron chi connectivity index (χ4n) is 2.95. The lowest BCUT2D eigenvalue weighted by Gasteiger charge is -2.08. The molecule has 0 aliphatic rings. The van der Waals surface area contributed by atoms with Crippen molar-refractivity contribution >= 4 is 34.4 Å². The highest BCUT2D eigenvalue weighted by Crippen LogP contribution is 2.33. The largest absolute Gasteiger partial charge is 0.383 e. The van der Waals surface area contributed by atoms with Gasteiger partial charge in [0, 0.05) is 24.2 Å². The molecule has 0 saturated carbocycles. The molecule has 0 radical (unpaired) electrons. The number of nitrogens with zero attached hydrogens (tertiary/aromatic N) is 4. The number of halogens is 2. The van der Waals surface area contributed by atoms with Gasteiger partial charge in [-0.3, -0.25) is 0 Å². The Bertz CT molecular complexity index is 1140.